The van der Waals surface area contributed by atoms with Crippen LogP contribution in [0.15, 0.2) is 30.3 Å². The smallest absolute Gasteiger partial charge is 0.338 e. The fourth-order valence-corrected chi connectivity index (χ4v) is 2.33. The minimum atomic E-state index is -0.606. The van der Waals surface area contributed by atoms with Gasteiger partial charge < -0.3 is 19.3 Å². The van der Waals surface area contributed by atoms with Crippen molar-refractivity contribution in [3.8, 4) is 11.5 Å². The number of fused-ring (bicyclic) bond motifs is 1. The van der Waals surface area contributed by atoms with Crippen molar-refractivity contribution in [2.24, 2.45) is 0 Å². The van der Waals surface area contributed by atoms with E-state index in [1.54, 1.807) is 19.1 Å². The Hall–Kier alpha value is -2.60. The van der Waals surface area contributed by atoms with Crippen molar-refractivity contribution in [1.29, 1.82) is 0 Å². The Morgan fingerprint density at radius 1 is 1.35 bits per heavy atom. The molecule has 0 radical (unpaired) electrons. The second kappa shape index (κ2) is 6.26. The normalized spacial score (nSPS) is 13.1. The molecule has 2 aromatic carbocycles. The van der Waals surface area contributed by atoms with Gasteiger partial charge in [0.2, 0.25) is 0 Å². The summed E-state index contributed by atoms with van der Waals surface area (Å²) in [6.07, 6.45) is 0. The van der Waals surface area contributed by atoms with Crippen LogP contribution in [-0.4, -0.2) is 17.9 Å². The van der Waals surface area contributed by atoms with Crippen molar-refractivity contribution in [2.75, 3.05) is 6.79 Å². The summed E-state index contributed by atoms with van der Waals surface area (Å²) in [4.78, 5) is 12.0. The van der Waals surface area contributed by atoms with Crippen LogP contribution in [0.3, 0.4) is 0 Å². The van der Waals surface area contributed by atoms with Crippen molar-refractivity contribution in [3.05, 3.63) is 58.4 Å². The van der Waals surface area contributed by atoms with Crippen molar-refractivity contribution in [2.45, 2.75) is 20.1 Å². The molecule has 0 amide bonds. The number of benzene rings is 2. The Kier molecular flexibility index (Phi) is 4.16. The summed E-state index contributed by atoms with van der Waals surface area (Å²) < 4.78 is 29.3. The van der Waals surface area contributed by atoms with E-state index in [4.69, 9.17) is 14.2 Å². The number of carbonyl (C=O) groups is 1. The summed E-state index contributed by atoms with van der Waals surface area (Å²) in [5.74, 6) is -0.553. The number of halogens is 1. The number of aryl methyl sites for hydroxylation is 1. The maximum absolute atomic E-state index is 13.6. The van der Waals surface area contributed by atoms with Gasteiger partial charge in [-0.25, -0.2) is 9.18 Å². The summed E-state index contributed by atoms with van der Waals surface area (Å²) >= 11 is 0. The van der Waals surface area contributed by atoms with Gasteiger partial charge in [0.1, 0.15) is 23.9 Å². The first-order valence-electron chi connectivity index (χ1n) is 7.03. The van der Waals surface area contributed by atoms with Gasteiger partial charge in [0, 0.05) is 11.1 Å². The molecule has 1 aliphatic heterocycles. The number of hydrogen-bond acceptors (Lipinski definition) is 5. The quantitative estimate of drug-likeness (QED) is 0.881. The maximum Gasteiger partial charge on any atom is 0.338 e. The molecule has 0 spiro atoms. The van der Waals surface area contributed by atoms with E-state index in [0.29, 0.717) is 22.4 Å². The van der Waals surface area contributed by atoms with Gasteiger partial charge in [0.05, 0.1) is 12.2 Å². The van der Waals surface area contributed by atoms with Crippen LogP contribution >= 0.6 is 0 Å². The Bertz CT molecular complexity index is 757. The molecular weight excluding hydrogens is 303 g/mol. The second-order valence-electron chi connectivity index (χ2n) is 5.24. The highest BCUT2D eigenvalue weighted by molar-refractivity contribution is 5.90. The number of rotatable bonds is 3. The van der Waals surface area contributed by atoms with Gasteiger partial charge in [0.15, 0.2) is 6.79 Å². The molecule has 0 atom stereocenters. The molecule has 5 nitrogen and oxygen atoms in total. The molecule has 120 valence electrons. The van der Waals surface area contributed by atoms with Crippen molar-refractivity contribution < 1.29 is 28.5 Å². The zero-order valence-electron chi connectivity index (χ0n) is 12.5. The molecule has 1 N–H and O–H groups in total. The first-order chi connectivity index (χ1) is 11.0. The van der Waals surface area contributed by atoms with E-state index in [0.717, 1.165) is 0 Å². The van der Waals surface area contributed by atoms with Gasteiger partial charge >= 0.3 is 5.97 Å². The second-order valence-corrected chi connectivity index (χ2v) is 5.24. The number of esters is 1. The van der Waals surface area contributed by atoms with Gasteiger partial charge in [-0.15, -0.1) is 0 Å². The first-order valence-corrected chi connectivity index (χ1v) is 7.03. The summed E-state index contributed by atoms with van der Waals surface area (Å²) in [6, 6.07) is 7.12. The van der Waals surface area contributed by atoms with Crippen LogP contribution in [0.25, 0.3) is 0 Å². The van der Waals surface area contributed by atoms with Crippen molar-refractivity contribution in [3.63, 3.8) is 0 Å². The maximum atomic E-state index is 13.6. The SMILES string of the molecule is Cc1ccc(C(=O)OCc2cc(F)cc3c2OCOC3)cc1O. The van der Waals surface area contributed by atoms with Gasteiger partial charge in [-0.3, -0.25) is 0 Å². The van der Waals surface area contributed by atoms with Gasteiger partial charge in [-0.1, -0.05) is 6.07 Å². The van der Waals surface area contributed by atoms with E-state index < -0.39 is 11.8 Å². The lowest BCUT2D eigenvalue weighted by Gasteiger charge is -2.20. The predicted octanol–water partition coefficient (Wildman–Crippen LogP) is 3.06. The molecule has 1 heterocycles. The predicted molar refractivity (Wildman–Crippen MR) is 78.6 cm³/mol. The van der Waals surface area contributed by atoms with Crippen molar-refractivity contribution >= 4 is 5.97 Å². The highest BCUT2D eigenvalue weighted by Gasteiger charge is 2.18. The lowest BCUT2D eigenvalue weighted by atomic mass is 10.1. The molecule has 0 aromatic heterocycles. The van der Waals surface area contributed by atoms with Crippen LogP contribution in [0.1, 0.15) is 27.0 Å². The third-order valence-corrected chi connectivity index (χ3v) is 3.56. The molecular formula is C17H15FO5. The molecule has 23 heavy (non-hydrogen) atoms. The molecule has 0 fully saturated rings. The fourth-order valence-electron chi connectivity index (χ4n) is 2.33. The lowest BCUT2D eigenvalue weighted by molar-refractivity contribution is -0.0183. The number of aromatic hydroxyl groups is 1. The van der Waals surface area contributed by atoms with E-state index >= 15 is 0 Å². The number of phenolic OH excluding ortho intramolecular Hbond substituents is 1. The van der Waals surface area contributed by atoms with Crippen LogP contribution < -0.4 is 4.74 Å². The number of carbonyl (C=O) groups excluding carboxylic acids is 1. The Morgan fingerprint density at radius 2 is 2.17 bits per heavy atom. The third-order valence-electron chi connectivity index (χ3n) is 3.56. The molecule has 2 aromatic rings. The van der Waals surface area contributed by atoms with Gasteiger partial charge in [0.25, 0.3) is 0 Å². The summed E-state index contributed by atoms with van der Waals surface area (Å²) in [7, 11) is 0. The Morgan fingerprint density at radius 3 is 2.96 bits per heavy atom. The van der Waals surface area contributed by atoms with Crippen molar-refractivity contribution in [1.82, 2.24) is 0 Å². The molecule has 0 aliphatic carbocycles. The van der Waals surface area contributed by atoms with E-state index in [2.05, 4.69) is 0 Å². The standard InChI is InChI=1S/C17H15FO5/c1-10-2-3-11(6-15(10)19)17(20)22-8-13-5-14(18)4-12-7-21-9-23-16(12)13/h2-6,19H,7-9H2,1H3. The zero-order valence-corrected chi connectivity index (χ0v) is 12.5. The zero-order chi connectivity index (χ0) is 16.4. The minimum absolute atomic E-state index is 0.0167. The average molecular weight is 318 g/mol. The summed E-state index contributed by atoms with van der Waals surface area (Å²) in [5, 5.41) is 9.64. The third kappa shape index (κ3) is 3.27. The minimum Gasteiger partial charge on any atom is -0.508 e. The fraction of sp³-hybridized carbons (Fsp3) is 0.235. The number of phenols is 1. The molecule has 6 heteroatoms. The number of ether oxygens (including phenoxy) is 3. The topological polar surface area (TPSA) is 65.0 Å². The molecule has 3 rings (SSSR count). The van der Waals surface area contributed by atoms with Gasteiger partial charge in [-0.2, -0.15) is 0 Å². The molecule has 1 aliphatic rings. The van der Waals surface area contributed by atoms with E-state index in [1.807, 2.05) is 0 Å². The monoisotopic (exact) mass is 318 g/mol. The highest BCUT2D eigenvalue weighted by Crippen LogP contribution is 2.30. The van der Waals surface area contributed by atoms with Crippen LogP contribution in [0.5, 0.6) is 11.5 Å². The average Bonchev–Trinajstić information content (AvgIpc) is 2.54. The van der Waals surface area contributed by atoms with E-state index in [-0.39, 0.29) is 31.3 Å². The van der Waals surface area contributed by atoms with Gasteiger partial charge in [-0.05, 0) is 36.8 Å². The summed E-state index contributed by atoms with van der Waals surface area (Å²) in [5.41, 5.74) is 1.90. The van der Waals surface area contributed by atoms with E-state index in [1.165, 1.54) is 18.2 Å². The Labute approximate surface area is 132 Å². The van der Waals surface area contributed by atoms with Crippen LogP contribution in [-0.2, 0) is 22.7 Å². The van der Waals surface area contributed by atoms with E-state index in [9.17, 15) is 14.3 Å². The molecule has 0 unspecified atom stereocenters. The Balaban J connectivity index is 1.76. The highest BCUT2D eigenvalue weighted by atomic mass is 19.1. The molecule has 0 saturated carbocycles. The first kappa shape index (κ1) is 15.3. The molecule has 0 bridgehead atoms. The molecule has 0 saturated heterocycles. The number of hydrogen-bond donors (Lipinski definition) is 1. The van der Waals surface area contributed by atoms with Crippen LogP contribution in [0.4, 0.5) is 4.39 Å². The van der Waals surface area contributed by atoms with Crippen LogP contribution in [0.2, 0.25) is 0 Å². The largest absolute Gasteiger partial charge is 0.508 e. The van der Waals surface area contributed by atoms with Crippen LogP contribution in [0, 0.1) is 12.7 Å². The lowest BCUT2D eigenvalue weighted by Crippen LogP contribution is -2.15. The summed E-state index contributed by atoms with van der Waals surface area (Å²) in [6.45, 7) is 1.92.